The zero-order chi connectivity index (χ0) is 13.9. The van der Waals surface area contributed by atoms with Crippen LogP contribution in [0.15, 0.2) is 18.2 Å². The van der Waals surface area contributed by atoms with Crippen molar-refractivity contribution in [3.63, 3.8) is 0 Å². The Labute approximate surface area is 110 Å². The summed E-state index contributed by atoms with van der Waals surface area (Å²) in [5.41, 5.74) is 3.21. The molecule has 18 heavy (non-hydrogen) atoms. The Morgan fingerprint density at radius 3 is 2.17 bits per heavy atom. The van der Waals surface area contributed by atoms with Crippen LogP contribution in [-0.4, -0.2) is 23.0 Å². The van der Waals surface area contributed by atoms with Gasteiger partial charge in [-0.1, -0.05) is 12.1 Å². The number of benzene rings is 1. The van der Waals surface area contributed by atoms with Gasteiger partial charge in [0, 0.05) is 17.8 Å². The van der Waals surface area contributed by atoms with Crippen molar-refractivity contribution in [3.05, 3.63) is 29.3 Å². The van der Waals surface area contributed by atoms with E-state index in [9.17, 15) is 4.79 Å². The molecule has 0 spiro atoms. The molecule has 0 aliphatic heterocycles. The highest BCUT2D eigenvalue weighted by Crippen LogP contribution is 2.19. The van der Waals surface area contributed by atoms with Crippen molar-refractivity contribution >= 4 is 11.7 Å². The number of urea groups is 1. The Balaban J connectivity index is 2.90. The Bertz CT molecular complexity index is 417. The normalized spacial score (nSPS) is 10.9. The maximum Gasteiger partial charge on any atom is 0.322 e. The molecule has 1 aromatic rings. The zero-order valence-electron chi connectivity index (χ0n) is 12.2. The molecule has 0 aliphatic carbocycles. The molecule has 0 unspecified atom stereocenters. The lowest BCUT2D eigenvalue weighted by Gasteiger charge is -2.31. The number of rotatable bonds is 3. The van der Waals surface area contributed by atoms with E-state index in [2.05, 4.69) is 5.32 Å². The minimum absolute atomic E-state index is 0.0336. The highest BCUT2D eigenvalue weighted by molar-refractivity contribution is 5.90. The highest BCUT2D eigenvalue weighted by Gasteiger charge is 2.20. The van der Waals surface area contributed by atoms with Gasteiger partial charge in [0.15, 0.2) is 0 Å². The number of carbonyl (C=O) groups excluding carboxylic acids is 1. The summed E-state index contributed by atoms with van der Waals surface area (Å²) in [6, 6.07) is 6.30. The molecule has 2 amide bonds. The van der Waals surface area contributed by atoms with Crippen molar-refractivity contribution in [2.75, 3.05) is 5.32 Å². The zero-order valence-corrected chi connectivity index (χ0v) is 12.2. The summed E-state index contributed by atoms with van der Waals surface area (Å²) in [7, 11) is 0. The fourth-order valence-electron chi connectivity index (χ4n) is 2.13. The Kier molecular flexibility index (Phi) is 4.76. The molecular formula is C15H24N2O. The van der Waals surface area contributed by atoms with Gasteiger partial charge in [-0.3, -0.25) is 0 Å². The number of amides is 2. The van der Waals surface area contributed by atoms with E-state index in [1.807, 2.05) is 64.6 Å². The minimum atomic E-state index is -0.0336. The molecule has 0 bridgehead atoms. The van der Waals surface area contributed by atoms with Gasteiger partial charge in [-0.15, -0.1) is 0 Å². The molecule has 1 rings (SSSR count). The van der Waals surface area contributed by atoms with Crippen molar-refractivity contribution in [2.24, 2.45) is 0 Å². The smallest absolute Gasteiger partial charge is 0.320 e. The molecule has 0 aliphatic rings. The van der Waals surface area contributed by atoms with Gasteiger partial charge < -0.3 is 10.2 Å². The molecule has 1 aromatic carbocycles. The van der Waals surface area contributed by atoms with Crippen LogP contribution in [-0.2, 0) is 0 Å². The summed E-state index contributed by atoms with van der Waals surface area (Å²) >= 11 is 0. The third-order valence-electron chi connectivity index (χ3n) is 3.19. The topological polar surface area (TPSA) is 32.3 Å². The molecule has 0 heterocycles. The fraction of sp³-hybridized carbons (Fsp3) is 0.533. The van der Waals surface area contributed by atoms with E-state index in [1.165, 1.54) is 5.56 Å². The number of carbonyl (C=O) groups is 1. The van der Waals surface area contributed by atoms with Crippen molar-refractivity contribution in [1.29, 1.82) is 0 Å². The van der Waals surface area contributed by atoms with Crippen LogP contribution in [0.5, 0.6) is 0 Å². The first-order valence-electron chi connectivity index (χ1n) is 6.50. The first-order valence-corrected chi connectivity index (χ1v) is 6.50. The maximum absolute atomic E-state index is 12.3. The molecule has 100 valence electrons. The molecule has 1 N–H and O–H groups in total. The van der Waals surface area contributed by atoms with Crippen LogP contribution in [0.2, 0.25) is 0 Å². The summed E-state index contributed by atoms with van der Waals surface area (Å²) in [5, 5.41) is 3.00. The molecule has 3 heteroatoms. The summed E-state index contributed by atoms with van der Waals surface area (Å²) in [5.74, 6) is 0. The number of anilines is 1. The van der Waals surface area contributed by atoms with Gasteiger partial charge >= 0.3 is 6.03 Å². The van der Waals surface area contributed by atoms with E-state index >= 15 is 0 Å². The number of nitrogens with one attached hydrogen (secondary N) is 1. The molecular weight excluding hydrogens is 224 g/mol. The average molecular weight is 248 g/mol. The van der Waals surface area contributed by atoms with Gasteiger partial charge in [0.1, 0.15) is 0 Å². The van der Waals surface area contributed by atoms with Gasteiger partial charge in [0.05, 0.1) is 0 Å². The van der Waals surface area contributed by atoms with Gasteiger partial charge in [-0.25, -0.2) is 4.79 Å². The number of nitrogens with zero attached hydrogens (tertiary/aromatic N) is 1. The second-order valence-corrected chi connectivity index (χ2v) is 5.27. The standard InChI is InChI=1S/C15H24N2O/c1-10(2)17(11(3)4)15(18)16-14-9-7-8-12(5)13(14)6/h7-11H,1-6H3,(H,16,18). The molecule has 0 aromatic heterocycles. The van der Waals surface area contributed by atoms with E-state index in [-0.39, 0.29) is 18.1 Å². The van der Waals surface area contributed by atoms with Gasteiger partial charge in [-0.2, -0.15) is 0 Å². The third kappa shape index (κ3) is 3.25. The fourth-order valence-corrected chi connectivity index (χ4v) is 2.13. The highest BCUT2D eigenvalue weighted by atomic mass is 16.2. The lowest BCUT2D eigenvalue weighted by molar-refractivity contribution is 0.178. The quantitative estimate of drug-likeness (QED) is 0.863. The van der Waals surface area contributed by atoms with Crippen LogP contribution in [0.25, 0.3) is 0 Å². The van der Waals surface area contributed by atoms with Crippen LogP contribution >= 0.6 is 0 Å². The molecule has 0 saturated carbocycles. The average Bonchev–Trinajstić information content (AvgIpc) is 2.23. The first kappa shape index (κ1) is 14.6. The van der Waals surface area contributed by atoms with Gasteiger partial charge in [0.2, 0.25) is 0 Å². The van der Waals surface area contributed by atoms with Crippen LogP contribution in [0.4, 0.5) is 10.5 Å². The lowest BCUT2D eigenvalue weighted by atomic mass is 10.1. The van der Waals surface area contributed by atoms with Crippen molar-refractivity contribution < 1.29 is 4.79 Å². The molecule has 0 atom stereocenters. The van der Waals surface area contributed by atoms with E-state index in [1.54, 1.807) is 0 Å². The molecule has 0 saturated heterocycles. The monoisotopic (exact) mass is 248 g/mol. The number of hydrogen-bond acceptors (Lipinski definition) is 1. The van der Waals surface area contributed by atoms with Crippen LogP contribution in [0.1, 0.15) is 38.8 Å². The third-order valence-corrected chi connectivity index (χ3v) is 3.19. The first-order chi connectivity index (χ1) is 8.34. The maximum atomic E-state index is 12.3. The predicted octanol–water partition coefficient (Wildman–Crippen LogP) is 3.95. The Morgan fingerprint density at radius 2 is 1.67 bits per heavy atom. The Hall–Kier alpha value is -1.51. The lowest BCUT2D eigenvalue weighted by Crippen LogP contribution is -2.44. The van der Waals surface area contributed by atoms with E-state index in [0.717, 1.165) is 11.3 Å². The van der Waals surface area contributed by atoms with E-state index in [4.69, 9.17) is 0 Å². The van der Waals surface area contributed by atoms with Crippen molar-refractivity contribution in [3.8, 4) is 0 Å². The largest absolute Gasteiger partial charge is 0.322 e. The number of aryl methyl sites for hydroxylation is 1. The second kappa shape index (κ2) is 5.89. The Morgan fingerprint density at radius 1 is 1.11 bits per heavy atom. The minimum Gasteiger partial charge on any atom is -0.320 e. The van der Waals surface area contributed by atoms with Gasteiger partial charge in [-0.05, 0) is 58.7 Å². The van der Waals surface area contributed by atoms with Crippen LogP contribution in [0, 0.1) is 13.8 Å². The molecule has 0 radical (unpaired) electrons. The summed E-state index contributed by atoms with van der Waals surface area (Å²) in [6.07, 6.45) is 0. The van der Waals surface area contributed by atoms with Crippen molar-refractivity contribution in [2.45, 2.75) is 53.6 Å². The number of hydrogen-bond donors (Lipinski definition) is 1. The van der Waals surface area contributed by atoms with Gasteiger partial charge in [0.25, 0.3) is 0 Å². The summed E-state index contributed by atoms with van der Waals surface area (Å²) in [6.45, 7) is 12.2. The van der Waals surface area contributed by atoms with Crippen LogP contribution < -0.4 is 5.32 Å². The van der Waals surface area contributed by atoms with E-state index < -0.39 is 0 Å². The van der Waals surface area contributed by atoms with Crippen molar-refractivity contribution in [1.82, 2.24) is 4.90 Å². The van der Waals surface area contributed by atoms with Crippen LogP contribution in [0.3, 0.4) is 0 Å². The SMILES string of the molecule is Cc1cccc(NC(=O)N(C(C)C)C(C)C)c1C. The molecule has 3 nitrogen and oxygen atoms in total. The summed E-state index contributed by atoms with van der Waals surface area (Å²) in [4.78, 5) is 14.1. The molecule has 0 fully saturated rings. The predicted molar refractivity (Wildman–Crippen MR) is 77.0 cm³/mol. The summed E-state index contributed by atoms with van der Waals surface area (Å²) < 4.78 is 0. The van der Waals surface area contributed by atoms with E-state index in [0.29, 0.717) is 0 Å². The second-order valence-electron chi connectivity index (χ2n) is 5.27.